The molecule has 0 unspecified atom stereocenters. The molecule has 0 spiro atoms. The predicted octanol–water partition coefficient (Wildman–Crippen LogP) is 2.87. The molecule has 1 rings (SSSR count). The highest BCUT2D eigenvalue weighted by molar-refractivity contribution is 7.90. The third-order valence-corrected chi connectivity index (χ3v) is 3.76. The lowest BCUT2D eigenvalue weighted by Gasteiger charge is -2.18. The Labute approximate surface area is 110 Å². The van der Waals surface area contributed by atoms with Gasteiger partial charge in [-0.1, -0.05) is 26.7 Å². The van der Waals surface area contributed by atoms with Gasteiger partial charge >= 0.3 is 0 Å². The number of anilines is 1. The van der Waals surface area contributed by atoms with E-state index in [4.69, 9.17) is 0 Å². The van der Waals surface area contributed by atoms with Gasteiger partial charge in [0.15, 0.2) is 14.9 Å². The third-order valence-electron chi connectivity index (χ3n) is 2.76. The van der Waals surface area contributed by atoms with Gasteiger partial charge < -0.3 is 5.32 Å². The molecule has 0 aromatic carbocycles. The van der Waals surface area contributed by atoms with E-state index in [1.165, 1.54) is 6.26 Å². The van der Waals surface area contributed by atoms with Crippen molar-refractivity contribution in [2.45, 2.75) is 50.6 Å². The van der Waals surface area contributed by atoms with Crippen molar-refractivity contribution in [1.82, 2.24) is 4.98 Å². The van der Waals surface area contributed by atoms with Gasteiger partial charge in [0.1, 0.15) is 0 Å². The molecule has 0 saturated carbocycles. The van der Waals surface area contributed by atoms with Gasteiger partial charge in [-0.25, -0.2) is 13.4 Å². The molecule has 0 fully saturated rings. The van der Waals surface area contributed by atoms with Crippen LogP contribution in [0.5, 0.6) is 0 Å². The molecule has 0 atom stereocenters. The monoisotopic (exact) mass is 270 g/mol. The first-order valence-corrected chi connectivity index (χ1v) is 8.29. The molecule has 0 aliphatic rings. The normalized spacial score (nSPS) is 11.8. The molecule has 1 aromatic rings. The molecular formula is C13H22N2O2S. The number of sulfone groups is 1. The first kappa shape index (κ1) is 15.0. The van der Waals surface area contributed by atoms with Crippen molar-refractivity contribution >= 4 is 15.5 Å². The second-order valence-electron chi connectivity index (χ2n) is 4.58. The van der Waals surface area contributed by atoms with Crippen LogP contribution in [0.1, 0.15) is 39.5 Å². The summed E-state index contributed by atoms with van der Waals surface area (Å²) in [7, 11) is -3.21. The van der Waals surface area contributed by atoms with E-state index in [1.807, 2.05) is 0 Å². The van der Waals surface area contributed by atoms with Crippen molar-refractivity contribution < 1.29 is 8.42 Å². The lowest BCUT2D eigenvalue weighted by Crippen LogP contribution is -2.19. The van der Waals surface area contributed by atoms with Crippen LogP contribution in [0.25, 0.3) is 0 Å². The van der Waals surface area contributed by atoms with Crippen molar-refractivity contribution in [2.75, 3.05) is 11.6 Å². The topological polar surface area (TPSA) is 59.1 Å². The Balaban J connectivity index is 2.73. The lowest BCUT2D eigenvalue weighted by atomic mass is 10.1. The van der Waals surface area contributed by atoms with Crippen LogP contribution in [0.4, 0.5) is 5.69 Å². The van der Waals surface area contributed by atoms with E-state index in [0.717, 1.165) is 31.4 Å². The summed E-state index contributed by atoms with van der Waals surface area (Å²) in [5, 5.41) is 3.52. The Kier molecular flexibility index (Phi) is 5.59. The predicted molar refractivity (Wildman–Crippen MR) is 74.6 cm³/mol. The molecule has 0 aliphatic carbocycles. The van der Waals surface area contributed by atoms with Crippen LogP contribution in [-0.4, -0.2) is 25.7 Å². The summed E-state index contributed by atoms with van der Waals surface area (Å²) >= 11 is 0. The summed E-state index contributed by atoms with van der Waals surface area (Å²) in [5.41, 5.74) is 0.884. The summed E-state index contributed by atoms with van der Waals surface area (Å²) in [6, 6.07) is 3.76. The fourth-order valence-electron chi connectivity index (χ4n) is 1.91. The van der Waals surface area contributed by atoms with Crippen molar-refractivity contribution in [3.8, 4) is 0 Å². The molecule has 0 aliphatic heterocycles. The van der Waals surface area contributed by atoms with E-state index in [-0.39, 0.29) is 5.03 Å². The molecule has 0 saturated heterocycles. The first-order valence-electron chi connectivity index (χ1n) is 6.40. The molecule has 1 N–H and O–H groups in total. The number of rotatable bonds is 7. The first-order chi connectivity index (χ1) is 8.47. The Bertz CT molecular complexity index is 448. The van der Waals surface area contributed by atoms with Crippen LogP contribution in [0, 0.1) is 0 Å². The van der Waals surface area contributed by atoms with Crippen molar-refractivity contribution in [3.05, 3.63) is 18.3 Å². The van der Waals surface area contributed by atoms with Gasteiger partial charge in [0.05, 0.1) is 11.9 Å². The van der Waals surface area contributed by atoms with Crippen LogP contribution < -0.4 is 5.32 Å². The summed E-state index contributed by atoms with van der Waals surface area (Å²) in [6.07, 6.45) is 7.25. The van der Waals surface area contributed by atoms with Crippen LogP contribution in [-0.2, 0) is 9.84 Å². The fourth-order valence-corrected chi connectivity index (χ4v) is 2.47. The van der Waals surface area contributed by atoms with Crippen molar-refractivity contribution in [1.29, 1.82) is 0 Å². The van der Waals surface area contributed by atoms with Gasteiger partial charge in [-0.2, -0.15) is 0 Å². The van der Waals surface area contributed by atoms with E-state index in [2.05, 4.69) is 24.1 Å². The summed E-state index contributed by atoms with van der Waals surface area (Å²) in [5.74, 6) is 0. The highest BCUT2D eigenvalue weighted by atomic mass is 32.2. The summed E-state index contributed by atoms with van der Waals surface area (Å²) in [6.45, 7) is 4.32. The molecule has 18 heavy (non-hydrogen) atoms. The van der Waals surface area contributed by atoms with Gasteiger partial charge in [0.25, 0.3) is 0 Å². The quantitative estimate of drug-likeness (QED) is 0.827. The molecule has 1 heterocycles. The number of aromatic nitrogens is 1. The Morgan fingerprint density at radius 2 is 1.83 bits per heavy atom. The Morgan fingerprint density at radius 3 is 2.22 bits per heavy atom. The smallest absolute Gasteiger partial charge is 0.192 e. The summed E-state index contributed by atoms with van der Waals surface area (Å²) in [4.78, 5) is 3.97. The molecule has 1 aromatic heterocycles. The maximum absolute atomic E-state index is 11.3. The number of hydrogen-bond acceptors (Lipinski definition) is 4. The van der Waals surface area contributed by atoms with Crippen LogP contribution in [0.3, 0.4) is 0 Å². The van der Waals surface area contributed by atoms with Crippen molar-refractivity contribution in [3.63, 3.8) is 0 Å². The molecule has 4 nitrogen and oxygen atoms in total. The minimum absolute atomic E-state index is 0.121. The van der Waals surface area contributed by atoms with E-state index in [0.29, 0.717) is 6.04 Å². The van der Waals surface area contributed by atoms with Crippen LogP contribution >= 0.6 is 0 Å². The number of nitrogens with zero attached hydrogens (tertiary/aromatic N) is 1. The molecule has 102 valence electrons. The zero-order valence-electron chi connectivity index (χ0n) is 11.3. The lowest BCUT2D eigenvalue weighted by molar-refractivity contribution is 0.585. The maximum atomic E-state index is 11.3. The van der Waals surface area contributed by atoms with E-state index < -0.39 is 9.84 Å². The Hall–Kier alpha value is -1.10. The average Bonchev–Trinajstić information content (AvgIpc) is 2.29. The second-order valence-corrected chi connectivity index (χ2v) is 6.54. The number of hydrogen-bond donors (Lipinski definition) is 1. The SMILES string of the molecule is CCCC(CCC)Nc1ccc(S(C)(=O)=O)nc1. The van der Waals surface area contributed by atoms with Gasteiger partial charge in [0, 0.05) is 12.3 Å². The van der Waals surface area contributed by atoms with Gasteiger partial charge in [-0.3, -0.25) is 0 Å². The molecule has 5 heteroatoms. The Morgan fingerprint density at radius 1 is 1.22 bits per heavy atom. The maximum Gasteiger partial charge on any atom is 0.192 e. The number of pyridine rings is 1. The van der Waals surface area contributed by atoms with Gasteiger partial charge in [-0.05, 0) is 25.0 Å². The minimum atomic E-state index is -3.21. The van der Waals surface area contributed by atoms with Crippen LogP contribution in [0.2, 0.25) is 0 Å². The zero-order valence-corrected chi connectivity index (χ0v) is 12.1. The molecule has 0 amide bonds. The highest BCUT2D eigenvalue weighted by Crippen LogP contribution is 2.15. The number of nitrogens with one attached hydrogen (secondary N) is 1. The minimum Gasteiger partial charge on any atom is -0.381 e. The van der Waals surface area contributed by atoms with Crippen molar-refractivity contribution in [2.24, 2.45) is 0 Å². The fraction of sp³-hybridized carbons (Fsp3) is 0.615. The van der Waals surface area contributed by atoms with Gasteiger partial charge in [0.2, 0.25) is 0 Å². The van der Waals surface area contributed by atoms with E-state index in [1.54, 1.807) is 18.3 Å². The second kappa shape index (κ2) is 6.73. The van der Waals surface area contributed by atoms with E-state index >= 15 is 0 Å². The standard InChI is InChI=1S/C13H22N2O2S/c1-4-6-11(7-5-2)15-12-8-9-13(14-10-12)18(3,16)17/h8-11,15H,4-7H2,1-3H3. The molecule has 0 bridgehead atoms. The van der Waals surface area contributed by atoms with Gasteiger partial charge in [-0.15, -0.1) is 0 Å². The largest absolute Gasteiger partial charge is 0.381 e. The van der Waals surface area contributed by atoms with E-state index in [9.17, 15) is 8.42 Å². The average molecular weight is 270 g/mol. The van der Waals surface area contributed by atoms with Crippen LogP contribution in [0.15, 0.2) is 23.4 Å². The molecule has 0 radical (unpaired) electrons. The highest BCUT2D eigenvalue weighted by Gasteiger charge is 2.10. The summed E-state index contributed by atoms with van der Waals surface area (Å²) < 4.78 is 22.6. The third kappa shape index (κ3) is 4.64. The zero-order chi connectivity index (χ0) is 13.6. The molecular weight excluding hydrogens is 248 g/mol.